The predicted molar refractivity (Wildman–Crippen MR) is 60.1 cm³/mol. The van der Waals surface area contributed by atoms with E-state index < -0.39 is 11.9 Å². The van der Waals surface area contributed by atoms with Gasteiger partial charge in [-0.2, -0.15) is 13.2 Å². The van der Waals surface area contributed by atoms with Crippen LogP contribution in [-0.2, 0) is 6.18 Å². The van der Waals surface area contributed by atoms with Crippen molar-refractivity contribution in [2.75, 3.05) is 0 Å². The molecule has 1 aromatic rings. The molecule has 1 saturated carbocycles. The van der Waals surface area contributed by atoms with E-state index in [1.165, 1.54) is 12.1 Å². The van der Waals surface area contributed by atoms with Gasteiger partial charge in [0.25, 0.3) is 0 Å². The first-order chi connectivity index (χ1) is 8.45. The summed E-state index contributed by atoms with van der Waals surface area (Å²) in [7, 11) is 0. The Balaban J connectivity index is 2.05. The Labute approximate surface area is 103 Å². The highest BCUT2D eigenvalue weighted by Crippen LogP contribution is 2.29. The zero-order chi connectivity index (χ0) is 13.2. The summed E-state index contributed by atoms with van der Waals surface area (Å²) in [6.45, 7) is 0. The molecule has 0 aromatic carbocycles. The Hall–Kier alpha value is -1.30. The van der Waals surface area contributed by atoms with Crippen molar-refractivity contribution in [1.82, 2.24) is 4.98 Å². The van der Waals surface area contributed by atoms with Crippen molar-refractivity contribution in [1.29, 1.82) is 0 Å². The van der Waals surface area contributed by atoms with Gasteiger partial charge in [-0.3, -0.25) is 0 Å². The summed E-state index contributed by atoms with van der Waals surface area (Å²) in [6.07, 6.45) is -1.23. The van der Waals surface area contributed by atoms with Crippen molar-refractivity contribution in [2.45, 2.75) is 44.0 Å². The molecule has 1 aliphatic rings. The van der Waals surface area contributed by atoms with Crippen molar-refractivity contribution in [3.8, 4) is 5.88 Å². The lowest BCUT2D eigenvalue weighted by Crippen LogP contribution is -2.33. The fourth-order valence-corrected chi connectivity index (χ4v) is 2.10. The third-order valence-corrected chi connectivity index (χ3v) is 2.97. The summed E-state index contributed by atoms with van der Waals surface area (Å²) in [6, 6.07) is 3.73. The maximum Gasteiger partial charge on any atom is 0.433 e. The number of alkyl halides is 3. The predicted octanol–water partition coefficient (Wildman–Crippen LogP) is 2.75. The van der Waals surface area contributed by atoms with Crippen molar-refractivity contribution in [3.63, 3.8) is 0 Å². The number of pyridine rings is 1. The molecule has 1 heterocycles. The Morgan fingerprint density at radius 3 is 2.72 bits per heavy atom. The fourth-order valence-electron chi connectivity index (χ4n) is 2.10. The van der Waals surface area contributed by atoms with Crippen LogP contribution in [0.3, 0.4) is 0 Å². The fraction of sp³-hybridized carbons (Fsp3) is 0.583. The number of halogens is 3. The second-order valence-corrected chi connectivity index (χ2v) is 4.53. The number of hydrogen-bond donors (Lipinski definition) is 1. The molecule has 0 spiro atoms. The highest BCUT2D eigenvalue weighted by molar-refractivity contribution is 5.18. The summed E-state index contributed by atoms with van der Waals surface area (Å²) in [5.41, 5.74) is 4.87. The van der Waals surface area contributed by atoms with Gasteiger partial charge in [-0.15, -0.1) is 0 Å². The van der Waals surface area contributed by atoms with Crippen molar-refractivity contribution in [2.24, 2.45) is 5.73 Å². The largest absolute Gasteiger partial charge is 0.474 e. The molecule has 3 nitrogen and oxygen atoms in total. The maximum absolute atomic E-state index is 12.5. The Morgan fingerprint density at radius 1 is 1.28 bits per heavy atom. The summed E-state index contributed by atoms with van der Waals surface area (Å²) >= 11 is 0. The molecule has 2 rings (SSSR count). The minimum atomic E-state index is -4.44. The SMILES string of the molecule is NC1CCCC(Oc2cccc(C(F)(F)F)n2)C1. The lowest BCUT2D eigenvalue weighted by Gasteiger charge is -2.26. The smallest absolute Gasteiger partial charge is 0.433 e. The van der Waals surface area contributed by atoms with Crippen molar-refractivity contribution in [3.05, 3.63) is 23.9 Å². The van der Waals surface area contributed by atoms with Gasteiger partial charge in [-0.25, -0.2) is 4.98 Å². The molecule has 1 fully saturated rings. The lowest BCUT2D eigenvalue weighted by atomic mass is 9.94. The second-order valence-electron chi connectivity index (χ2n) is 4.53. The molecule has 18 heavy (non-hydrogen) atoms. The first-order valence-corrected chi connectivity index (χ1v) is 5.91. The minimum Gasteiger partial charge on any atom is -0.474 e. The molecule has 0 saturated heterocycles. The van der Waals surface area contributed by atoms with Crippen LogP contribution in [0.1, 0.15) is 31.4 Å². The van der Waals surface area contributed by atoms with E-state index in [-0.39, 0.29) is 18.0 Å². The van der Waals surface area contributed by atoms with Gasteiger partial charge in [-0.05, 0) is 31.7 Å². The van der Waals surface area contributed by atoms with Crippen LogP contribution in [0.25, 0.3) is 0 Å². The topological polar surface area (TPSA) is 48.1 Å². The van der Waals surface area contributed by atoms with Crippen LogP contribution in [0.15, 0.2) is 18.2 Å². The van der Waals surface area contributed by atoms with Gasteiger partial charge in [0.05, 0.1) is 0 Å². The van der Waals surface area contributed by atoms with Gasteiger partial charge in [0.1, 0.15) is 11.8 Å². The minimum absolute atomic E-state index is 0.0175. The van der Waals surface area contributed by atoms with E-state index in [1.807, 2.05) is 0 Å². The molecule has 2 unspecified atom stereocenters. The molecule has 2 atom stereocenters. The first-order valence-electron chi connectivity index (χ1n) is 5.91. The summed E-state index contributed by atoms with van der Waals surface area (Å²) < 4.78 is 42.9. The van der Waals surface area contributed by atoms with Gasteiger partial charge >= 0.3 is 6.18 Å². The Kier molecular flexibility index (Phi) is 3.75. The monoisotopic (exact) mass is 260 g/mol. The average molecular weight is 260 g/mol. The van der Waals surface area contributed by atoms with Gasteiger partial charge in [-0.1, -0.05) is 6.07 Å². The van der Waals surface area contributed by atoms with Crippen LogP contribution in [0.5, 0.6) is 5.88 Å². The number of ether oxygens (including phenoxy) is 1. The highest BCUT2D eigenvalue weighted by atomic mass is 19.4. The van der Waals surface area contributed by atoms with E-state index in [9.17, 15) is 13.2 Å². The molecule has 0 bridgehead atoms. The quantitative estimate of drug-likeness (QED) is 0.889. The van der Waals surface area contributed by atoms with E-state index in [2.05, 4.69) is 4.98 Å². The van der Waals surface area contributed by atoms with E-state index in [0.29, 0.717) is 6.42 Å². The van der Waals surface area contributed by atoms with Crippen LogP contribution in [0.4, 0.5) is 13.2 Å². The normalized spacial score (nSPS) is 24.9. The first kappa shape index (κ1) is 13.1. The average Bonchev–Trinajstić information content (AvgIpc) is 2.28. The molecule has 6 heteroatoms. The summed E-state index contributed by atoms with van der Waals surface area (Å²) in [4.78, 5) is 3.48. The summed E-state index contributed by atoms with van der Waals surface area (Å²) in [5.74, 6) is 0.0175. The van der Waals surface area contributed by atoms with Crippen molar-refractivity contribution < 1.29 is 17.9 Å². The zero-order valence-corrected chi connectivity index (χ0v) is 9.78. The molecular weight excluding hydrogens is 245 g/mol. The number of rotatable bonds is 2. The van der Waals surface area contributed by atoms with Gasteiger partial charge < -0.3 is 10.5 Å². The molecule has 1 aromatic heterocycles. The molecule has 0 radical (unpaired) electrons. The molecule has 0 aliphatic heterocycles. The zero-order valence-electron chi connectivity index (χ0n) is 9.78. The summed E-state index contributed by atoms with van der Waals surface area (Å²) in [5, 5.41) is 0. The molecule has 1 aliphatic carbocycles. The van der Waals surface area contributed by atoms with Gasteiger partial charge in [0.2, 0.25) is 5.88 Å². The molecular formula is C12H15F3N2O. The Bertz CT molecular complexity index is 409. The number of nitrogens with zero attached hydrogens (tertiary/aromatic N) is 1. The van der Waals surface area contributed by atoms with Crippen LogP contribution in [0.2, 0.25) is 0 Å². The standard InChI is InChI=1S/C12H15F3N2O/c13-12(14,15)10-5-2-6-11(17-10)18-9-4-1-3-8(16)7-9/h2,5-6,8-9H,1,3-4,7,16H2. The van der Waals surface area contributed by atoms with Crippen LogP contribution < -0.4 is 10.5 Å². The van der Waals surface area contributed by atoms with Crippen molar-refractivity contribution >= 4 is 0 Å². The highest BCUT2D eigenvalue weighted by Gasteiger charge is 2.33. The molecule has 100 valence electrons. The maximum atomic E-state index is 12.5. The second kappa shape index (κ2) is 5.14. The van der Waals surface area contributed by atoms with Crippen LogP contribution in [-0.4, -0.2) is 17.1 Å². The van der Waals surface area contributed by atoms with E-state index in [1.54, 1.807) is 0 Å². The third-order valence-electron chi connectivity index (χ3n) is 2.97. The number of hydrogen-bond acceptors (Lipinski definition) is 3. The molecule has 2 N–H and O–H groups in total. The Morgan fingerprint density at radius 2 is 2.06 bits per heavy atom. The van der Waals surface area contributed by atoms with E-state index in [4.69, 9.17) is 10.5 Å². The number of nitrogens with two attached hydrogens (primary N) is 1. The van der Waals surface area contributed by atoms with Gasteiger partial charge in [0, 0.05) is 12.1 Å². The van der Waals surface area contributed by atoms with Crippen LogP contribution in [0, 0.1) is 0 Å². The lowest BCUT2D eigenvalue weighted by molar-refractivity contribution is -0.141. The van der Waals surface area contributed by atoms with E-state index in [0.717, 1.165) is 25.3 Å². The molecule has 0 amide bonds. The number of aromatic nitrogens is 1. The van der Waals surface area contributed by atoms with Crippen LogP contribution >= 0.6 is 0 Å². The third kappa shape index (κ3) is 3.35. The van der Waals surface area contributed by atoms with E-state index >= 15 is 0 Å². The van der Waals surface area contributed by atoms with Gasteiger partial charge in [0.15, 0.2) is 0 Å².